The van der Waals surface area contributed by atoms with Crippen molar-refractivity contribution in [2.45, 2.75) is 19.8 Å². The van der Waals surface area contributed by atoms with Gasteiger partial charge in [-0.2, -0.15) is 0 Å². The summed E-state index contributed by atoms with van der Waals surface area (Å²) >= 11 is 0. The van der Waals surface area contributed by atoms with Gasteiger partial charge in [0.1, 0.15) is 10.9 Å². The zero-order chi connectivity index (χ0) is 18.5. The Morgan fingerprint density at radius 2 is 2.15 bits per heavy atom. The molecule has 1 atom stereocenters. The van der Waals surface area contributed by atoms with E-state index in [-0.39, 0.29) is 11.9 Å². The van der Waals surface area contributed by atoms with Crippen LogP contribution in [0.2, 0.25) is 0 Å². The van der Waals surface area contributed by atoms with Crippen LogP contribution in [0.15, 0.2) is 29.4 Å². The van der Waals surface area contributed by atoms with Gasteiger partial charge in [0, 0.05) is 25.6 Å². The molecule has 2 saturated heterocycles. The Kier molecular flexibility index (Phi) is 5.67. The zero-order valence-electron chi connectivity index (χ0n) is 14.7. The summed E-state index contributed by atoms with van der Waals surface area (Å²) in [5, 5.41) is 13.6. The molecule has 0 aliphatic carbocycles. The molecular formula is C17H22N4O5. The standard InChI is InChI=1S/C17H22N4O5/c1-2-13-3-5-15(6-4-13)26-17(22)20-9-8-19(16(20)18-21(23)24)11-14-7-10-25-12-14/h3-6,14H,2,7-12H2,1H3. The molecule has 1 aromatic carbocycles. The second-order valence-electron chi connectivity index (χ2n) is 6.33. The lowest BCUT2D eigenvalue weighted by atomic mass is 10.1. The number of ether oxygens (including phenoxy) is 2. The van der Waals surface area contributed by atoms with E-state index in [0.717, 1.165) is 18.4 Å². The van der Waals surface area contributed by atoms with E-state index in [4.69, 9.17) is 9.47 Å². The van der Waals surface area contributed by atoms with Crippen LogP contribution in [0, 0.1) is 16.0 Å². The van der Waals surface area contributed by atoms with Crippen molar-refractivity contribution in [3.05, 3.63) is 39.9 Å². The van der Waals surface area contributed by atoms with Gasteiger partial charge in [0.2, 0.25) is 0 Å². The van der Waals surface area contributed by atoms with E-state index in [1.165, 1.54) is 4.90 Å². The molecule has 0 aromatic heterocycles. The average Bonchev–Trinajstić information content (AvgIpc) is 3.26. The third-order valence-corrected chi connectivity index (χ3v) is 4.55. The Bertz CT molecular complexity index is 685. The van der Waals surface area contributed by atoms with Gasteiger partial charge >= 0.3 is 6.09 Å². The highest BCUT2D eigenvalue weighted by Gasteiger charge is 2.37. The van der Waals surface area contributed by atoms with Gasteiger partial charge in [-0.25, -0.2) is 19.8 Å². The molecule has 9 heteroatoms. The van der Waals surface area contributed by atoms with Crippen LogP contribution in [0.1, 0.15) is 18.9 Å². The fourth-order valence-electron chi connectivity index (χ4n) is 3.12. The maximum absolute atomic E-state index is 12.5. The highest BCUT2D eigenvalue weighted by molar-refractivity contribution is 5.96. The van der Waals surface area contributed by atoms with E-state index in [2.05, 4.69) is 5.10 Å². The summed E-state index contributed by atoms with van der Waals surface area (Å²) in [6, 6.07) is 7.19. The minimum atomic E-state index is -0.783. The first kappa shape index (κ1) is 18.1. The Labute approximate surface area is 151 Å². The lowest BCUT2D eigenvalue weighted by Gasteiger charge is -2.21. The Morgan fingerprint density at radius 3 is 2.77 bits per heavy atom. The molecule has 0 radical (unpaired) electrons. The maximum Gasteiger partial charge on any atom is 0.422 e. The average molecular weight is 362 g/mol. The van der Waals surface area contributed by atoms with Crippen LogP contribution in [0.3, 0.4) is 0 Å². The Balaban J connectivity index is 1.69. The van der Waals surface area contributed by atoms with Gasteiger partial charge in [0.15, 0.2) is 5.03 Å². The molecule has 1 unspecified atom stereocenters. The fourth-order valence-corrected chi connectivity index (χ4v) is 3.12. The van der Waals surface area contributed by atoms with Crippen LogP contribution in [0.25, 0.3) is 0 Å². The number of nitro groups is 1. The SMILES string of the molecule is CCc1ccc(OC(=O)N2CCN(CC3CCOC3)C2=N[N+](=O)[O-])cc1. The molecule has 1 amide bonds. The first-order chi connectivity index (χ1) is 12.6. The molecule has 0 saturated carbocycles. The number of benzene rings is 1. The summed E-state index contributed by atoms with van der Waals surface area (Å²) in [5.41, 5.74) is 1.13. The third-order valence-electron chi connectivity index (χ3n) is 4.55. The summed E-state index contributed by atoms with van der Waals surface area (Å²) in [7, 11) is 0. The summed E-state index contributed by atoms with van der Waals surface area (Å²) < 4.78 is 10.7. The number of hydrogen-bond acceptors (Lipinski definition) is 5. The Hall–Kier alpha value is -2.68. The van der Waals surface area contributed by atoms with Crippen LogP contribution in [0.4, 0.5) is 4.79 Å². The molecule has 140 valence electrons. The number of guanidine groups is 1. The van der Waals surface area contributed by atoms with Crippen LogP contribution < -0.4 is 4.74 Å². The van der Waals surface area contributed by atoms with Crippen molar-refractivity contribution < 1.29 is 19.3 Å². The quantitative estimate of drug-likeness (QED) is 0.587. The topological polar surface area (TPSA) is 97.5 Å². The van der Waals surface area contributed by atoms with Gasteiger partial charge in [-0.05, 0) is 30.5 Å². The normalized spacial score (nSPS) is 21.4. The van der Waals surface area contributed by atoms with Crippen molar-refractivity contribution in [2.24, 2.45) is 11.0 Å². The number of hydrazone groups is 1. The van der Waals surface area contributed by atoms with Gasteiger partial charge in [-0.15, -0.1) is 0 Å². The highest BCUT2D eigenvalue weighted by Crippen LogP contribution is 2.20. The molecule has 2 aliphatic heterocycles. The smallest absolute Gasteiger partial charge is 0.410 e. The predicted molar refractivity (Wildman–Crippen MR) is 93.5 cm³/mol. The predicted octanol–water partition coefficient (Wildman–Crippen LogP) is 1.95. The number of nitrogens with zero attached hydrogens (tertiary/aromatic N) is 4. The molecule has 0 spiro atoms. The number of carbonyl (C=O) groups excluding carboxylic acids is 1. The van der Waals surface area contributed by atoms with Crippen LogP contribution in [0.5, 0.6) is 5.75 Å². The number of rotatable bonds is 5. The maximum atomic E-state index is 12.5. The molecule has 3 rings (SSSR count). The Morgan fingerprint density at radius 1 is 1.38 bits per heavy atom. The van der Waals surface area contributed by atoms with E-state index < -0.39 is 11.1 Å². The van der Waals surface area contributed by atoms with E-state index in [9.17, 15) is 14.9 Å². The first-order valence-corrected chi connectivity index (χ1v) is 8.70. The van der Waals surface area contributed by atoms with Crippen LogP contribution in [-0.2, 0) is 11.2 Å². The van der Waals surface area contributed by atoms with Crippen molar-refractivity contribution in [1.82, 2.24) is 9.80 Å². The molecule has 9 nitrogen and oxygen atoms in total. The van der Waals surface area contributed by atoms with Gasteiger partial charge in [0.05, 0.1) is 13.2 Å². The zero-order valence-corrected chi connectivity index (χ0v) is 14.7. The number of aryl methyl sites for hydroxylation is 1. The van der Waals surface area contributed by atoms with Crippen molar-refractivity contribution in [1.29, 1.82) is 0 Å². The van der Waals surface area contributed by atoms with Crippen molar-refractivity contribution in [2.75, 3.05) is 32.8 Å². The van der Waals surface area contributed by atoms with Crippen molar-refractivity contribution >= 4 is 12.1 Å². The summed E-state index contributed by atoms with van der Waals surface area (Å²) in [5.74, 6) is 0.705. The molecule has 26 heavy (non-hydrogen) atoms. The summed E-state index contributed by atoms with van der Waals surface area (Å²) in [4.78, 5) is 26.4. The number of hydrogen-bond donors (Lipinski definition) is 0. The minimum Gasteiger partial charge on any atom is -0.410 e. The lowest BCUT2D eigenvalue weighted by molar-refractivity contribution is -0.486. The molecule has 2 heterocycles. The monoisotopic (exact) mass is 362 g/mol. The van der Waals surface area contributed by atoms with E-state index in [1.54, 1.807) is 17.0 Å². The molecular weight excluding hydrogens is 340 g/mol. The van der Waals surface area contributed by atoms with Gasteiger partial charge < -0.3 is 14.4 Å². The van der Waals surface area contributed by atoms with Crippen LogP contribution >= 0.6 is 0 Å². The second kappa shape index (κ2) is 8.13. The van der Waals surface area contributed by atoms with E-state index >= 15 is 0 Å². The second-order valence-corrected chi connectivity index (χ2v) is 6.33. The minimum absolute atomic E-state index is 0.0251. The van der Waals surface area contributed by atoms with Crippen LogP contribution in [-0.4, -0.2) is 59.7 Å². The van der Waals surface area contributed by atoms with Crippen molar-refractivity contribution in [3.8, 4) is 5.75 Å². The molecule has 1 aromatic rings. The first-order valence-electron chi connectivity index (χ1n) is 8.70. The summed E-state index contributed by atoms with van der Waals surface area (Å²) in [6.07, 6.45) is 1.12. The number of carbonyl (C=O) groups is 1. The van der Waals surface area contributed by atoms with Crippen molar-refractivity contribution in [3.63, 3.8) is 0 Å². The van der Waals surface area contributed by atoms with Gasteiger partial charge in [-0.1, -0.05) is 19.1 Å². The number of amides is 1. The van der Waals surface area contributed by atoms with E-state index in [0.29, 0.717) is 38.6 Å². The fraction of sp³-hybridized carbons (Fsp3) is 0.529. The molecule has 0 bridgehead atoms. The summed E-state index contributed by atoms with van der Waals surface area (Å²) in [6.45, 7) is 4.70. The molecule has 2 aliphatic rings. The molecule has 0 N–H and O–H groups in total. The third kappa shape index (κ3) is 4.29. The highest BCUT2D eigenvalue weighted by atomic mass is 16.7. The van der Waals surface area contributed by atoms with Gasteiger partial charge in [-0.3, -0.25) is 0 Å². The van der Waals surface area contributed by atoms with Gasteiger partial charge in [0.25, 0.3) is 5.96 Å². The largest absolute Gasteiger partial charge is 0.422 e. The molecule has 2 fully saturated rings. The lowest BCUT2D eigenvalue weighted by Crippen LogP contribution is -2.41. The van der Waals surface area contributed by atoms with E-state index in [1.807, 2.05) is 19.1 Å².